The number of hydrogen-bond acceptors (Lipinski definition) is 3. The molecule has 4 heteroatoms. The van der Waals surface area contributed by atoms with Gasteiger partial charge in [0.05, 0.1) is 17.8 Å². The maximum absolute atomic E-state index is 11.0. The minimum atomic E-state index is -0.317. The van der Waals surface area contributed by atoms with Crippen LogP contribution in [0.1, 0.15) is 37.1 Å². The van der Waals surface area contributed by atoms with Gasteiger partial charge in [-0.1, -0.05) is 6.07 Å². The number of hydrogen-bond donors (Lipinski definition) is 2. The lowest BCUT2D eigenvalue weighted by Crippen LogP contribution is -2.42. The molecule has 0 aromatic carbocycles. The van der Waals surface area contributed by atoms with E-state index in [0.717, 1.165) is 25.0 Å². The number of amides is 1. The summed E-state index contributed by atoms with van der Waals surface area (Å²) in [7, 11) is 0. The van der Waals surface area contributed by atoms with Crippen molar-refractivity contribution < 1.29 is 4.79 Å². The number of carbonyl (C=O) groups is 1. The summed E-state index contributed by atoms with van der Waals surface area (Å²) in [6.07, 6.45) is 5.02. The van der Waals surface area contributed by atoms with Gasteiger partial charge >= 0.3 is 0 Å². The van der Waals surface area contributed by atoms with Crippen LogP contribution in [0.4, 0.5) is 0 Å². The number of rotatable bonds is 3. The molecule has 0 aliphatic heterocycles. The second kappa shape index (κ2) is 4.61. The fourth-order valence-corrected chi connectivity index (χ4v) is 2.16. The number of nitrogens with one attached hydrogen (secondary N) is 1. The van der Waals surface area contributed by atoms with Crippen LogP contribution in [0.2, 0.25) is 0 Å². The Labute approximate surface area is 95.3 Å². The topological polar surface area (TPSA) is 68.0 Å². The Bertz CT molecular complexity index is 392. The first-order valence-corrected chi connectivity index (χ1v) is 5.67. The Morgan fingerprint density at radius 1 is 1.69 bits per heavy atom. The Morgan fingerprint density at radius 2 is 2.50 bits per heavy atom. The number of pyridine rings is 1. The summed E-state index contributed by atoms with van der Waals surface area (Å²) in [6, 6.07) is 3.91. The highest BCUT2D eigenvalue weighted by Gasteiger charge is 2.23. The summed E-state index contributed by atoms with van der Waals surface area (Å²) in [5.41, 5.74) is 7.60. The van der Waals surface area contributed by atoms with E-state index in [0.29, 0.717) is 0 Å². The third-order valence-corrected chi connectivity index (χ3v) is 3.07. The zero-order valence-corrected chi connectivity index (χ0v) is 9.44. The zero-order chi connectivity index (χ0) is 11.5. The van der Waals surface area contributed by atoms with Crippen molar-refractivity contribution in [2.24, 2.45) is 5.73 Å². The van der Waals surface area contributed by atoms with Crippen molar-refractivity contribution >= 4 is 5.91 Å². The van der Waals surface area contributed by atoms with E-state index in [4.69, 9.17) is 5.73 Å². The van der Waals surface area contributed by atoms with Gasteiger partial charge in [-0.3, -0.25) is 15.1 Å². The van der Waals surface area contributed by atoms with Crippen LogP contribution in [0.5, 0.6) is 0 Å². The molecular formula is C12H17N3O. The van der Waals surface area contributed by atoms with Crippen LogP contribution in [0.15, 0.2) is 18.3 Å². The predicted octanol–water partition coefficient (Wildman–Crippen LogP) is 0.922. The number of aryl methyl sites for hydroxylation is 1. The molecule has 1 aromatic rings. The smallest absolute Gasteiger partial charge is 0.234 e. The van der Waals surface area contributed by atoms with Crippen molar-refractivity contribution in [2.45, 2.75) is 38.3 Å². The molecule has 1 aromatic heterocycles. The summed E-state index contributed by atoms with van der Waals surface area (Å²) in [5.74, 6) is -0.317. The van der Waals surface area contributed by atoms with Gasteiger partial charge in [0.2, 0.25) is 5.91 Å². The van der Waals surface area contributed by atoms with Gasteiger partial charge in [0.25, 0.3) is 0 Å². The molecule has 0 bridgehead atoms. The first kappa shape index (κ1) is 11.1. The summed E-state index contributed by atoms with van der Waals surface area (Å²) in [4.78, 5) is 15.4. The molecule has 1 heterocycles. The van der Waals surface area contributed by atoms with E-state index in [9.17, 15) is 4.79 Å². The highest BCUT2D eigenvalue weighted by atomic mass is 16.1. The summed E-state index contributed by atoms with van der Waals surface area (Å²) in [5, 5.41) is 3.24. The molecule has 16 heavy (non-hydrogen) atoms. The maximum Gasteiger partial charge on any atom is 0.234 e. The molecule has 3 N–H and O–H groups in total. The van der Waals surface area contributed by atoms with Crippen LogP contribution in [-0.4, -0.2) is 16.9 Å². The molecule has 86 valence electrons. The van der Waals surface area contributed by atoms with Gasteiger partial charge < -0.3 is 5.73 Å². The Balaban J connectivity index is 2.16. The molecule has 1 aliphatic rings. The highest BCUT2D eigenvalue weighted by molar-refractivity contribution is 5.79. The average molecular weight is 219 g/mol. The van der Waals surface area contributed by atoms with Crippen molar-refractivity contribution in [1.29, 1.82) is 0 Å². The molecule has 2 atom stereocenters. The summed E-state index contributed by atoms with van der Waals surface area (Å²) >= 11 is 0. The highest BCUT2D eigenvalue weighted by Crippen LogP contribution is 2.27. The van der Waals surface area contributed by atoms with E-state index in [1.54, 1.807) is 13.1 Å². The lowest BCUT2D eigenvalue weighted by atomic mass is 9.91. The third kappa shape index (κ3) is 2.22. The van der Waals surface area contributed by atoms with Crippen LogP contribution in [0.25, 0.3) is 0 Å². The van der Waals surface area contributed by atoms with Crippen molar-refractivity contribution in [1.82, 2.24) is 10.3 Å². The molecule has 0 saturated heterocycles. The Morgan fingerprint density at radius 3 is 3.25 bits per heavy atom. The second-order valence-corrected chi connectivity index (χ2v) is 4.28. The summed E-state index contributed by atoms with van der Waals surface area (Å²) in [6.45, 7) is 1.79. The van der Waals surface area contributed by atoms with Crippen molar-refractivity contribution in [2.75, 3.05) is 0 Å². The molecule has 0 saturated carbocycles. The zero-order valence-electron chi connectivity index (χ0n) is 9.44. The molecule has 0 spiro atoms. The van der Waals surface area contributed by atoms with E-state index < -0.39 is 0 Å². The molecular weight excluding hydrogens is 202 g/mol. The molecule has 4 nitrogen and oxygen atoms in total. The van der Waals surface area contributed by atoms with Gasteiger partial charge in [-0.05, 0) is 37.8 Å². The molecule has 0 radical (unpaired) electrons. The number of nitrogens with two attached hydrogens (primary N) is 1. The number of aromatic nitrogens is 1. The fourth-order valence-electron chi connectivity index (χ4n) is 2.16. The summed E-state index contributed by atoms with van der Waals surface area (Å²) < 4.78 is 0. The van der Waals surface area contributed by atoms with E-state index in [1.807, 2.05) is 6.07 Å². The van der Waals surface area contributed by atoms with Crippen molar-refractivity contribution in [3.63, 3.8) is 0 Å². The largest absolute Gasteiger partial charge is 0.368 e. The number of carbonyl (C=O) groups excluding carboxylic acids is 1. The van der Waals surface area contributed by atoms with Gasteiger partial charge in [0.15, 0.2) is 0 Å². The van der Waals surface area contributed by atoms with Gasteiger partial charge in [0, 0.05) is 6.20 Å². The number of fused-ring (bicyclic) bond motifs is 1. The first-order chi connectivity index (χ1) is 7.68. The standard InChI is InChI=1S/C12H17N3O/c1-8(12(13)16)15-10-6-2-4-9-5-3-7-14-11(9)10/h3,5,7-8,10,15H,2,4,6H2,1H3,(H2,13,16). The van der Waals surface area contributed by atoms with E-state index in [-0.39, 0.29) is 18.0 Å². The number of primary amides is 1. The lowest BCUT2D eigenvalue weighted by Gasteiger charge is -2.27. The average Bonchev–Trinajstić information content (AvgIpc) is 2.29. The molecule has 1 aliphatic carbocycles. The van der Waals surface area contributed by atoms with Crippen LogP contribution >= 0.6 is 0 Å². The van der Waals surface area contributed by atoms with Crippen LogP contribution in [-0.2, 0) is 11.2 Å². The van der Waals surface area contributed by atoms with Crippen LogP contribution < -0.4 is 11.1 Å². The Hall–Kier alpha value is -1.42. The minimum Gasteiger partial charge on any atom is -0.368 e. The number of nitrogens with zero attached hydrogens (tertiary/aromatic N) is 1. The molecule has 1 amide bonds. The fraction of sp³-hybridized carbons (Fsp3) is 0.500. The maximum atomic E-state index is 11.0. The predicted molar refractivity (Wildman–Crippen MR) is 61.7 cm³/mol. The van der Waals surface area contributed by atoms with E-state index in [1.165, 1.54) is 5.56 Å². The third-order valence-electron chi connectivity index (χ3n) is 3.07. The van der Waals surface area contributed by atoms with Gasteiger partial charge in [-0.25, -0.2) is 0 Å². The van der Waals surface area contributed by atoms with Gasteiger partial charge in [0.1, 0.15) is 0 Å². The Kier molecular flexibility index (Phi) is 3.19. The van der Waals surface area contributed by atoms with Crippen molar-refractivity contribution in [3.05, 3.63) is 29.6 Å². The molecule has 2 rings (SSSR count). The van der Waals surface area contributed by atoms with Crippen LogP contribution in [0, 0.1) is 0 Å². The van der Waals surface area contributed by atoms with Gasteiger partial charge in [-0.15, -0.1) is 0 Å². The second-order valence-electron chi connectivity index (χ2n) is 4.28. The molecule has 0 fully saturated rings. The quantitative estimate of drug-likeness (QED) is 0.794. The lowest BCUT2D eigenvalue weighted by molar-refractivity contribution is -0.119. The van der Waals surface area contributed by atoms with E-state index in [2.05, 4.69) is 16.4 Å². The normalized spacial score (nSPS) is 21.2. The van der Waals surface area contributed by atoms with Crippen molar-refractivity contribution in [3.8, 4) is 0 Å². The van der Waals surface area contributed by atoms with Crippen LogP contribution in [0.3, 0.4) is 0 Å². The van der Waals surface area contributed by atoms with E-state index >= 15 is 0 Å². The molecule has 2 unspecified atom stereocenters. The van der Waals surface area contributed by atoms with Gasteiger partial charge in [-0.2, -0.15) is 0 Å². The first-order valence-electron chi connectivity index (χ1n) is 5.67. The minimum absolute atomic E-state index is 0.160. The SMILES string of the molecule is CC(NC1CCCc2cccnc21)C(N)=O. The monoisotopic (exact) mass is 219 g/mol.